The second-order valence-corrected chi connectivity index (χ2v) is 6.17. The van der Waals surface area contributed by atoms with E-state index in [0.717, 1.165) is 11.3 Å². The minimum absolute atomic E-state index is 0.296. The third kappa shape index (κ3) is 7.15. The summed E-state index contributed by atoms with van der Waals surface area (Å²) in [5, 5.41) is 0. The average molecular weight is 323 g/mol. The Hall–Kier alpha value is -2.08. The molecule has 0 heterocycles. The predicted octanol–water partition coefficient (Wildman–Crippen LogP) is 3.49. The van der Waals surface area contributed by atoms with Crippen LogP contribution in [-0.4, -0.2) is 31.3 Å². The van der Waals surface area contributed by atoms with Crippen molar-refractivity contribution in [2.45, 2.75) is 46.1 Å². The van der Waals surface area contributed by atoms with Gasteiger partial charge in [0.25, 0.3) is 0 Å². The highest BCUT2D eigenvalue weighted by Crippen LogP contribution is 2.22. The van der Waals surface area contributed by atoms with Gasteiger partial charge in [0.15, 0.2) is 0 Å². The third-order valence-electron chi connectivity index (χ3n) is 2.87. The van der Waals surface area contributed by atoms with Crippen molar-refractivity contribution in [1.82, 2.24) is 0 Å². The van der Waals surface area contributed by atoms with Crippen molar-refractivity contribution in [1.29, 1.82) is 0 Å². The number of carbonyl (C=O) groups excluding carboxylic acids is 2. The Morgan fingerprint density at radius 3 is 2.43 bits per heavy atom. The summed E-state index contributed by atoms with van der Waals surface area (Å²) in [5.74, 6) is -0.477. The van der Waals surface area contributed by atoms with E-state index in [9.17, 15) is 9.59 Å². The largest absolute Gasteiger partial charge is 0.443 e. The van der Waals surface area contributed by atoms with E-state index in [1.807, 2.05) is 45.0 Å². The Morgan fingerprint density at radius 2 is 1.83 bits per heavy atom. The molecule has 0 saturated heterocycles. The lowest BCUT2D eigenvalue weighted by molar-refractivity contribution is -0.270. The first-order valence-corrected chi connectivity index (χ1v) is 7.55. The molecule has 0 atom stereocenters. The van der Waals surface area contributed by atoms with Crippen LogP contribution in [0.15, 0.2) is 24.3 Å². The van der Waals surface area contributed by atoms with E-state index in [4.69, 9.17) is 9.62 Å². The summed E-state index contributed by atoms with van der Waals surface area (Å²) in [6, 6.07) is 7.60. The van der Waals surface area contributed by atoms with Gasteiger partial charge in [0, 0.05) is 19.7 Å². The monoisotopic (exact) mass is 323 g/mol. The molecule has 1 rings (SSSR count). The van der Waals surface area contributed by atoms with Crippen LogP contribution in [-0.2, 0) is 25.7 Å². The molecule has 0 spiro atoms. The Balaban J connectivity index is 2.65. The molecule has 6 heteroatoms. The molecule has 6 nitrogen and oxygen atoms in total. The summed E-state index contributed by atoms with van der Waals surface area (Å²) in [6.45, 7) is 7.07. The molecule has 0 aliphatic rings. The van der Waals surface area contributed by atoms with Gasteiger partial charge in [-0.3, -0.25) is 9.79 Å². The number of ether oxygens (including phenoxy) is 1. The van der Waals surface area contributed by atoms with Crippen molar-refractivity contribution in [3.8, 4) is 0 Å². The van der Waals surface area contributed by atoms with Gasteiger partial charge in [-0.15, -0.1) is 0 Å². The molecule has 0 bridgehead atoms. The van der Waals surface area contributed by atoms with Crippen LogP contribution in [0.5, 0.6) is 0 Å². The summed E-state index contributed by atoms with van der Waals surface area (Å²) in [4.78, 5) is 33.5. The van der Waals surface area contributed by atoms with Crippen molar-refractivity contribution in [2.75, 3.05) is 18.6 Å². The van der Waals surface area contributed by atoms with E-state index in [1.54, 1.807) is 7.05 Å². The Labute approximate surface area is 137 Å². The molecule has 0 radical (unpaired) electrons. The van der Waals surface area contributed by atoms with Crippen LogP contribution in [0.25, 0.3) is 0 Å². The first-order chi connectivity index (χ1) is 10.7. The Morgan fingerprint density at radius 1 is 1.17 bits per heavy atom. The van der Waals surface area contributed by atoms with E-state index in [1.165, 1.54) is 11.8 Å². The van der Waals surface area contributed by atoms with Crippen LogP contribution in [0.2, 0.25) is 0 Å². The number of benzene rings is 1. The minimum Gasteiger partial charge on any atom is -0.443 e. The van der Waals surface area contributed by atoms with Crippen LogP contribution >= 0.6 is 0 Å². The SMILES string of the molecule is CC(=O)OOCCCc1ccccc1N(C)C(=O)OC(C)(C)C. The topological polar surface area (TPSA) is 65.1 Å². The number of carbonyl (C=O) groups is 2. The van der Waals surface area contributed by atoms with Gasteiger partial charge < -0.3 is 4.74 Å². The summed E-state index contributed by atoms with van der Waals surface area (Å²) >= 11 is 0. The van der Waals surface area contributed by atoms with Gasteiger partial charge in [0.1, 0.15) is 5.60 Å². The van der Waals surface area contributed by atoms with Crippen LogP contribution < -0.4 is 4.90 Å². The maximum absolute atomic E-state index is 12.2. The summed E-state index contributed by atoms with van der Waals surface area (Å²) in [6.07, 6.45) is 0.943. The number of amides is 1. The van der Waals surface area contributed by atoms with Crippen molar-refractivity contribution in [3.05, 3.63) is 29.8 Å². The van der Waals surface area contributed by atoms with E-state index in [2.05, 4.69) is 4.89 Å². The van der Waals surface area contributed by atoms with E-state index < -0.39 is 17.7 Å². The molecule has 0 aliphatic carbocycles. The zero-order chi connectivity index (χ0) is 17.5. The van der Waals surface area contributed by atoms with E-state index >= 15 is 0 Å². The average Bonchev–Trinajstić information content (AvgIpc) is 2.44. The molecule has 0 N–H and O–H groups in total. The van der Waals surface area contributed by atoms with Crippen LogP contribution in [0.3, 0.4) is 0 Å². The number of rotatable bonds is 6. The molecular weight excluding hydrogens is 298 g/mol. The molecule has 128 valence electrons. The number of hydrogen-bond acceptors (Lipinski definition) is 5. The van der Waals surface area contributed by atoms with Gasteiger partial charge in [-0.25, -0.2) is 9.59 Å². The lowest BCUT2D eigenvalue weighted by atomic mass is 10.1. The first-order valence-electron chi connectivity index (χ1n) is 7.55. The van der Waals surface area contributed by atoms with Crippen LogP contribution in [0.4, 0.5) is 10.5 Å². The fourth-order valence-corrected chi connectivity index (χ4v) is 1.92. The van der Waals surface area contributed by atoms with Gasteiger partial charge in [0.05, 0.1) is 6.61 Å². The van der Waals surface area contributed by atoms with Crippen molar-refractivity contribution >= 4 is 17.7 Å². The van der Waals surface area contributed by atoms with Gasteiger partial charge in [-0.1, -0.05) is 18.2 Å². The van der Waals surface area contributed by atoms with E-state index in [-0.39, 0.29) is 0 Å². The summed E-state index contributed by atoms with van der Waals surface area (Å²) < 4.78 is 5.38. The molecule has 0 fully saturated rings. The highest BCUT2D eigenvalue weighted by Gasteiger charge is 2.21. The van der Waals surface area contributed by atoms with Crippen LogP contribution in [0.1, 0.15) is 39.7 Å². The zero-order valence-corrected chi connectivity index (χ0v) is 14.4. The van der Waals surface area contributed by atoms with Crippen molar-refractivity contribution in [3.63, 3.8) is 0 Å². The van der Waals surface area contributed by atoms with Crippen molar-refractivity contribution < 1.29 is 24.1 Å². The lowest BCUT2D eigenvalue weighted by Gasteiger charge is -2.26. The molecule has 23 heavy (non-hydrogen) atoms. The molecule has 1 aromatic rings. The summed E-state index contributed by atoms with van der Waals surface area (Å²) in [7, 11) is 1.68. The first kappa shape index (κ1) is 19.0. The quantitative estimate of drug-likeness (QED) is 0.455. The van der Waals surface area contributed by atoms with E-state index in [0.29, 0.717) is 19.4 Å². The number of anilines is 1. The van der Waals surface area contributed by atoms with Gasteiger partial charge in [-0.2, -0.15) is 4.89 Å². The molecule has 1 aromatic carbocycles. The highest BCUT2D eigenvalue weighted by atomic mass is 17.2. The maximum Gasteiger partial charge on any atom is 0.414 e. The molecular formula is C17H25NO5. The standard InChI is InChI=1S/C17H25NO5/c1-13(19)23-21-12-8-10-14-9-6-7-11-15(14)18(5)16(20)22-17(2,3)4/h6-7,9,11H,8,10,12H2,1-5H3. The zero-order valence-electron chi connectivity index (χ0n) is 14.4. The highest BCUT2D eigenvalue weighted by molar-refractivity contribution is 5.88. The second kappa shape index (κ2) is 8.53. The van der Waals surface area contributed by atoms with Gasteiger partial charge in [0.2, 0.25) is 0 Å². The Bertz CT molecular complexity index is 536. The molecule has 0 saturated carbocycles. The molecule has 0 unspecified atom stereocenters. The molecule has 1 amide bonds. The maximum atomic E-state index is 12.2. The predicted molar refractivity (Wildman–Crippen MR) is 87.1 cm³/mol. The smallest absolute Gasteiger partial charge is 0.414 e. The number of para-hydroxylation sites is 1. The minimum atomic E-state index is -0.543. The van der Waals surface area contributed by atoms with Crippen LogP contribution in [0, 0.1) is 0 Å². The number of aryl methyl sites for hydroxylation is 1. The Kier molecular flexibility index (Phi) is 7.03. The lowest BCUT2D eigenvalue weighted by Crippen LogP contribution is -2.34. The number of nitrogens with zero attached hydrogens (tertiary/aromatic N) is 1. The molecule has 0 aromatic heterocycles. The van der Waals surface area contributed by atoms with Crippen molar-refractivity contribution in [2.24, 2.45) is 0 Å². The van der Waals surface area contributed by atoms with Gasteiger partial charge >= 0.3 is 12.1 Å². The fraction of sp³-hybridized carbons (Fsp3) is 0.529. The fourth-order valence-electron chi connectivity index (χ4n) is 1.92. The number of hydrogen-bond donors (Lipinski definition) is 0. The van der Waals surface area contributed by atoms with Gasteiger partial charge in [-0.05, 0) is 45.2 Å². The normalized spacial score (nSPS) is 11.0. The summed E-state index contributed by atoms with van der Waals surface area (Å²) in [5.41, 5.74) is 1.24. The molecule has 0 aliphatic heterocycles. The second-order valence-electron chi connectivity index (χ2n) is 6.17. The third-order valence-corrected chi connectivity index (χ3v) is 2.87.